The number of hydrogen-bond donors (Lipinski definition) is 1. The van der Waals surface area contributed by atoms with Crippen molar-refractivity contribution in [2.45, 2.75) is 6.54 Å². The minimum Gasteiger partial charge on any atom is -0.337 e. The van der Waals surface area contributed by atoms with Crippen LogP contribution in [0.5, 0.6) is 0 Å². The van der Waals surface area contributed by atoms with Gasteiger partial charge in [0.1, 0.15) is 0 Å². The highest BCUT2D eigenvalue weighted by Crippen LogP contribution is 2.20. The zero-order valence-corrected chi connectivity index (χ0v) is 16.3. The lowest BCUT2D eigenvalue weighted by Crippen LogP contribution is -2.27. The van der Waals surface area contributed by atoms with Crippen LogP contribution in [-0.2, 0) is 6.54 Å². The Morgan fingerprint density at radius 2 is 1.89 bits per heavy atom. The highest BCUT2D eigenvalue weighted by Gasteiger charge is 2.17. The molecule has 0 fully saturated rings. The highest BCUT2D eigenvalue weighted by atomic mass is 79.9. The summed E-state index contributed by atoms with van der Waals surface area (Å²) >= 11 is 3.36. The zero-order valence-electron chi connectivity index (χ0n) is 14.7. The molecule has 0 atom stereocenters. The summed E-state index contributed by atoms with van der Waals surface area (Å²) in [7, 11) is 1.72. The second kappa shape index (κ2) is 8.60. The number of benzene rings is 2. The van der Waals surface area contributed by atoms with Gasteiger partial charge in [-0.15, -0.1) is 0 Å². The van der Waals surface area contributed by atoms with Gasteiger partial charge in [-0.3, -0.25) is 14.6 Å². The lowest BCUT2D eigenvalue weighted by Gasteiger charge is -2.19. The molecule has 6 heteroatoms. The average Bonchev–Trinajstić information content (AvgIpc) is 2.68. The molecule has 5 nitrogen and oxygen atoms in total. The predicted octanol–water partition coefficient (Wildman–Crippen LogP) is 4.37. The first-order valence-corrected chi connectivity index (χ1v) is 9.14. The second-order valence-corrected chi connectivity index (χ2v) is 6.95. The Bertz CT molecular complexity index is 960. The largest absolute Gasteiger partial charge is 0.337 e. The van der Waals surface area contributed by atoms with Crippen molar-refractivity contribution < 1.29 is 9.59 Å². The van der Waals surface area contributed by atoms with Crippen LogP contribution in [0.3, 0.4) is 0 Å². The van der Waals surface area contributed by atoms with Crippen LogP contribution in [0.1, 0.15) is 26.3 Å². The van der Waals surface area contributed by atoms with Gasteiger partial charge < -0.3 is 10.2 Å². The molecule has 0 spiro atoms. The molecule has 27 heavy (non-hydrogen) atoms. The third kappa shape index (κ3) is 4.80. The summed E-state index contributed by atoms with van der Waals surface area (Å²) in [4.78, 5) is 31.1. The van der Waals surface area contributed by atoms with Gasteiger partial charge in [0.15, 0.2) is 0 Å². The van der Waals surface area contributed by atoms with Gasteiger partial charge in [-0.05, 0) is 42.0 Å². The number of anilines is 1. The van der Waals surface area contributed by atoms with E-state index in [4.69, 9.17) is 0 Å². The maximum absolute atomic E-state index is 12.9. The summed E-state index contributed by atoms with van der Waals surface area (Å²) in [5.74, 6) is -0.449. The molecule has 1 aromatic heterocycles. The number of hydrogen-bond acceptors (Lipinski definition) is 3. The Balaban J connectivity index is 1.79. The quantitative estimate of drug-likeness (QED) is 0.662. The first kappa shape index (κ1) is 18.8. The van der Waals surface area contributed by atoms with Crippen molar-refractivity contribution in [2.24, 2.45) is 0 Å². The molecule has 0 unspecified atom stereocenters. The summed E-state index contributed by atoms with van der Waals surface area (Å²) in [6.45, 7) is 0.431. The Hall–Kier alpha value is -2.99. The highest BCUT2D eigenvalue weighted by molar-refractivity contribution is 9.10. The number of rotatable bonds is 5. The topological polar surface area (TPSA) is 62.3 Å². The van der Waals surface area contributed by atoms with Crippen LogP contribution in [0.25, 0.3) is 0 Å². The molecule has 0 aliphatic rings. The third-order valence-electron chi connectivity index (χ3n) is 3.98. The number of para-hydroxylation sites is 1. The van der Waals surface area contributed by atoms with Crippen molar-refractivity contribution in [1.29, 1.82) is 0 Å². The van der Waals surface area contributed by atoms with Gasteiger partial charge in [-0.2, -0.15) is 0 Å². The summed E-state index contributed by atoms with van der Waals surface area (Å²) < 4.78 is 0.815. The lowest BCUT2D eigenvalue weighted by molar-refractivity contribution is 0.0786. The van der Waals surface area contributed by atoms with Gasteiger partial charge in [-0.1, -0.05) is 40.2 Å². The fourth-order valence-electron chi connectivity index (χ4n) is 2.65. The van der Waals surface area contributed by atoms with Crippen LogP contribution in [0.2, 0.25) is 0 Å². The number of carbonyl (C=O) groups excluding carboxylic acids is 2. The van der Waals surface area contributed by atoms with Crippen molar-refractivity contribution in [3.63, 3.8) is 0 Å². The summed E-state index contributed by atoms with van der Waals surface area (Å²) in [5, 5.41) is 2.83. The van der Waals surface area contributed by atoms with Crippen molar-refractivity contribution >= 4 is 33.4 Å². The van der Waals surface area contributed by atoms with Crippen LogP contribution in [-0.4, -0.2) is 28.7 Å². The van der Waals surface area contributed by atoms with Crippen LogP contribution in [0.4, 0.5) is 5.69 Å². The molecular weight excluding hydrogens is 406 g/mol. The minimum absolute atomic E-state index is 0.177. The van der Waals surface area contributed by atoms with E-state index in [0.717, 1.165) is 10.0 Å². The molecule has 2 amide bonds. The van der Waals surface area contributed by atoms with E-state index in [9.17, 15) is 9.59 Å². The molecule has 0 saturated carbocycles. The number of nitrogens with zero attached hydrogens (tertiary/aromatic N) is 2. The Morgan fingerprint density at radius 1 is 1.07 bits per heavy atom. The molecule has 0 radical (unpaired) electrons. The van der Waals surface area contributed by atoms with Gasteiger partial charge in [0, 0.05) is 36.0 Å². The van der Waals surface area contributed by atoms with E-state index in [1.54, 1.807) is 66.8 Å². The first-order valence-electron chi connectivity index (χ1n) is 8.35. The number of carbonyl (C=O) groups is 2. The van der Waals surface area contributed by atoms with E-state index < -0.39 is 0 Å². The van der Waals surface area contributed by atoms with E-state index in [1.807, 2.05) is 18.2 Å². The monoisotopic (exact) mass is 423 g/mol. The third-order valence-corrected chi connectivity index (χ3v) is 4.47. The normalized spacial score (nSPS) is 10.3. The molecule has 1 N–H and O–H groups in total. The van der Waals surface area contributed by atoms with Gasteiger partial charge in [0.2, 0.25) is 0 Å². The van der Waals surface area contributed by atoms with E-state index in [0.29, 0.717) is 23.4 Å². The van der Waals surface area contributed by atoms with Crippen molar-refractivity contribution in [3.05, 3.63) is 94.2 Å². The van der Waals surface area contributed by atoms with Gasteiger partial charge in [0.05, 0.1) is 11.3 Å². The molecule has 0 aliphatic heterocycles. The molecule has 0 aliphatic carbocycles. The number of halogens is 1. The van der Waals surface area contributed by atoms with E-state index >= 15 is 0 Å². The average molecular weight is 424 g/mol. The van der Waals surface area contributed by atoms with Gasteiger partial charge >= 0.3 is 0 Å². The van der Waals surface area contributed by atoms with Gasteiger partial charge in [0.25, 0.3) is 11.8 Å². The molecule has 136 valence electrons. The minimum atomic E-state index is -0.272. The predicted molar refractivity (Wildman–Crippen MR) is 109 cm³/mol. The Morgan fingerprint density at radius 3 is 2.63 bits per heavy atom. The van der Waals surface area contributed by atoms with E-state index in [-0.39, 0.29) is 11.8 Å². The molecule has 2 aromatic carbocycles. The van der Waals surface area contributed by atoms with Crippen LogP contribution in [0.15, 0.2) is 77.5 Å². The van der Waals surface area contributed by atoms with Gasteiger partial charge in [-0.25, -0.2) is 0 Å². The number of pyridine rings is 1. The molecule has 1 heterocycles. The standard InChI is InChI=1S/C21H18BrN3O2/c1-25(14-15-6-5-11-23-13-15)21(27)18-9-2-3-10-19(18)24-20(26)16-7-4-8-17(22)12-16/h2-13H,14H2,1H3,(H,24,26). The van der Waals surface area contributed by atoms with E-state index in [1.165, 1.54) is 0 Å². The molecule has 0 saturated heterocycles. The van der Waals surface area contributed by atoms with Crippen molar-refractivity contribution in [1.82, 2.24) is 9.88 Å². The number of aromatic nitrogens is 1. The summed E-state index contributed by atoms with van der Waals surface area (Å²) in [5.41, 5.74) is 2.36. The zero-order chi connectivity index (χ0) is 19.2. The summed E-state index contributed by atoms with van der Waals surface area (Å²) in [6, 6.07) is 17.8. The first-order chi connectivity index (χ1) is 13.0. The fourth-order valence-corrected chi connectivity index (χ4v) is 3.04. The molecule has 3 aromatic rings. The SMILES string of the molecule is CN(Cc1cccnc1)C(=O)c1ccccc1NC(=O)c1cccc(Br)c1. The van der Waals surface area contributed by atoms with Crippen molar-refractivity contribution in [3.8, 4) is 0 Å². The smallest absolute Gasteiger partial charge is 0.256 e. The maximum Gasteiger partial charge on any atom is 0.256 e. The van der Waals surface area contributed by atoms with Crippen LogP contribution < -0.4 is 5.32 Å². The second-order valence-electron chi connectivity index (χ2n) is 6.03. The maximum atomic E-state index is 12.9. The fraction of sp³-hybridized carbons (Fsp3) is 0.0952. The Labute approximate surface area is 166 Å². The molecule has 3 rings (SSSR count). The Kier molecular flexibility index (Phi) is 5.98. The molecular formula is C21H18BrN3O2. The molecule has 0 bridgehead atoms. The lowest BCUT2D eigenvalue weighted by atomic mass is 10.1. The number of amides is 2. The van der Waals surface area contributed by atoms with Crippen LogP contribution in [0, 0.1) is 0 Å². The summed E-state index contributed by atoms with van der Waals surface area (Å²) in [6.07, 6.45) is 3.42. The van der Waals surface area contributed by atoms with Crippen molar-refractivity contribution in [2.75, 3.05) is 12.4 Å². The number of nitrogens with one attached hydrogen (secondary N) is 1. The van der Waals surface area contributed by atoms with E-state index in [2.05, 4.69) is 26.2 Å². The van der Waals surface area contributed by atoms with Crippen LogP contribution >= 0.6 is 15.9 Å².